The monoisotopic (exact) mass is 196 g/mol. The van der Waals surface area contributed by atoms with Gasteiger partial charge >= 0.3 is 0 Å². The van der Waals surface area contributed by atoms with Crippen LogP contribution in [-0.2, 0) is 13.0 Å². The molecule has 0 bridgehead atoms. The van der Waals surface area contributed by atoms with Gasteiger partial charge in [-0.3, -0.25) is 0 Å². The smallest absolute Gasteiger partial charge is 0.218 e. The summed E-state index contributed by atoms with van der Waals surface area (Å²) in [5.74, 6) is 2.09. The summed E-state index contributed by atoms with van der Waals surface area (Å²) >= 11 is 0. The molecule has 0 aliphatic heterocycles. The lowest BCUT2D eigenvalue weighted by molar-refractivity contribution is 0.488. The van der Waals surface area contributed by atoms with Crippen LogP contribution in [0.5, 0.6) is 0 Å². The van der Waals surface area contributed by atoms with Crippen molar-refractivity contribution in [3.05, 3.63) is 5.82 Å². The topological polar surface area (TPSA) is 56.7 Å². The fourth-order valence-corrected chi connectivity index (χ4v) is 1.28. The Morgan fingerprint density at radius 2 is 2.14 bits per heavy atom. The van der Waals surface area contributed by atoms with Crippen molar-refractivity contribution in [3.63, 3.8) is 0 Å². The highest BCUT2D eigenvalue weighted by atomic mass is 15.4. The fourth-order valence-electron chi connectivity index (χ4n) is 1.28. The predicted molar refractivity (Wildman–Crippen MR) is 57.9 cm³/mol. The summed E-state index contributed by atoms with van der Waals surface area (Å²) in [6.45, 7) is 7.38. The van der Waals surface area contributed by atoms with Gasteiger partial charge in [0.1, 0.15) is 0 Å². The van der Waals surface area contributed by atoms with Gasteiger partial charge in [-0.25, -0.2) is 4.68 Å². The maximum atomic E-state index is 5.75. The van der Waals surface area contributed by atoms with Gasteiger partial charge in [-0.15, -0.1) is 0 Å². The number of aryl methyl sites for hydroxylation is 2. The number of nitrogen functional groups attached to an aromatic ring is 1. The molecule has 0 saturated carbocycles. The van der Waals surface area contributed by atoms with Crippen molar-refractivity contribution in [1.29, 1.82) is 0 Å². The highest BCUT2D eigenvalue weighted by molar-refractivity contribution is 5.15. The minimum Gasteiger partial charge on any atom is -0.368 e. The zero-order valence-electron chi connectivity index (χ0n) is 9.32. The van der Waals surface area contributed by atoms with Crippen LogP contribution in [-0.4, -0.2) is 14.8 Å². The maximum Gasteiger partial charge on any atom is 0.218 e. The molecule has 0 spiro atoms. The molecule has 1 heterocycles. The Labute approximate surface area is 85.5 Å². The molecule has 14 heavy (non-hydrogen) atoms. The van der Waals surface area contributed by atoms with E-state index in [1.165, 1.54) is 0 Å². The van der Waals surface area contributed by atoms with E-state index in [9.17, 15) is 0 Å². The van der Waals surface area contributed by atoms with E-state index in [2.05, 4.69) is 30.9 Å². The standard InChI is InChI=1S/C10H20N4/c1-4-5-9-12-10(11)14(13-9)7-6-8(2)3/h8H,4-7H2,1-3H3,(H2,11,12,13). The third-order valence-corrected chi connectivity index (χ3v) is 2.14. The molecular formula is C10H20N4. The number of nitrogens with two attached hydrogens (primary N) is 1. The lowest BCUT2D eigenvalue weighted by atomic mass is 10.1. The van der Waals surface area contributed by atoms with E-state index in [4.69, 9.17) is 5.73 Å². The van der Waals surface area contributed by atoms with Crippen molar-refractivity contribution in [3.8, 4) is 0 Å². The largest absolute Gasteiger partial charge is 0.368 e. The van der Waals surface area contributed by atoms with Gasteiger partial charge in [0.15, 0.2) is 5.82 Å². The molecule has 0 atom stereocenters. The molecule has 1 aromatic rings. The molecule has 1 rings (SSSR count). The second kappa shape index (κ2) is 4.98. The zero-order chi connectivity index (χ0) is 10.6. The van der Waals surface area contributed by atoms with Gasteiger partial charge in [0.2, 0.25) is 5.95 Å². The van der Waals surface area contributed by atoms with Crippen molar-refractivity contribution in [2.24, 2.45) is 5.92 Å². The molecule has 4 nitrogen and oxygen atoms in total. The van der Waals surface area contributed by atoms with Crippen LogP contribution in [0.3, 0.4) is 0 Å². The van der Waals surface area contributed by atoms with Gasteiger partial charge in [0.05, 0.1) is 0 Å². The van der Waals surface area contributed by atoms with Crippen LogP contribution < -0.4 is 5.73 Å². The van der Waals surface area contributed by atoms with Gasteiger partial charge < -0.3 is 5.73 Å². The Kier molecular flexibility index (Phi) is 3.92. The first-order chi connectivity index (χ1) is 6.63. The van der Waals surface area contributed by atoms with Crippen molar-refractivity contribution in [2.75, 3.05) is 5.73 Å². The third-order valence-electron chi connectivity index (χ3n) is 2.14. The Morgan fingerprint density at radius 3 is 2.71 bits per heavy atom. The molecule has 1 aromatic heterocycles. The minimum atomic E-state index is 0.550. The molecule has 80 valence electrons. The van der Waals surface area contributed by atoms with Crippen molar-refractivity contribution in [2.45, 2.75) is 46.6 Å². The van der Waals surface area contributed by atoms with Crippen molar-refractivity contribution >= 4 is 5.95 Å². The molecule has 0 amide bonds. The first-order valence-corrected chi connectivity index (χ1v) is 5.32. The van der Waals surface area contributed by atoms with E-state index in [1.807, 2.05) is 4.68 Å². The normalized spacial score (nSPS) is 11.1. The lowest BCUT2D eigenvalue weighted by Gasteiger charge is -2.04. The SMILES string of the molecule is CCCc1nc(N)n(CCC(C)C)n1. The molecule has 0 unspecified atom stereocenters. The Bertz CT molecular complexity index is 278. The number of rotatable bonds is 5. The second-order valence-electron chi connectivity index (χ2n) is 4.04. The first kappa shape index (κ1) is 11.0. The molecule has 0 aliphatic rings. The fraction of sp³-hybridized carbons (Fsp3) is 0.800. The predicted octanol–water partition coefficient (Wildman–Crippen LogP) is 1.86. The van der Waals surface area contributed by atoms with Crippen LogP contribution in [0.1, 0.15) is 39.4 Å². The quantitative estimate of drug-likeness (QED) is 0.782. The van der Waals surface area contributed by atoms with Crippen LogP contribution >= 0.6 is 0 Å². The molecular weight excluding hydrogens is 176 g/mol. The van der Waals surface area contributed by atoms with E-state index >= 15 is 0 Å². The summed E-state index contributed by atoms with van der Waals surface area (Å²) in [5, 5.41) is 4.35. The van der Waals surface area contributed by atoms with E-state index in [-0.39, 0.29) is 0 Å². The number of hydrogen-bond donors (Lipinski definition) is 1. The van der Waals surface area contributed by atoms with E-state index < -0.39 is 0 Å². The van der Waals surface area contributed by atoms with Crippen LogP contribution in [0.25, 0.3) is 0 Å². The highest BCUT2D eigenvalue weighted by Crippen LogP contribution is 2.07. The van der Waals surface area contributed by atoms with Crippen LogP contribution in [0.2, 0.25) is 0 Å². The minimum absolute atomic E-state index is 0.550. The second-order valence-corrected chi connectivity index (χ2v) is 4.04. The van der Waals surface area contributed by atoms with E-state index in [0.29, 0.717) is 11.9 Å². The van der Waals surface area contributed by atoms with Crippen molar-refractivity contribution < 1.29 is 0 Å². The van der Waals surface area contributed by atoms with E-state index in [0.717, 1.165) is 31.6 Å². The summed E-state index contributed by atoms with van der Waals surface area (Å²) in [5.41, 5.74) is 5.75. The summed E-state index contributed by atoms with van der Waals surface area (Å²) in [7, 11) is 0. The van der Waals surface area contributed by atoms with Gasteiger partial charge in [-0.1, -0.05) is 20.8 Å². The molecule has 0 aromatic carbocycles. The van der Waals surface area contributed by atoms with Gasteiger partial charge in [0.25, 0.3) is 0 Å². The average Bonchev–Trinajstić information content (AvgIpc) is 2.44. The highest BCUT2D eigenvalue weighted by Gasteiger charge is 2.06. The Hall–Kier alpha value is -1.06. The molecule has 0 aliphatic carbocycles. The Balaban J connectivity index is 2.58. The Morgan fingerprint density at radius 1 is 1.43 bits per heavy atom. The van der Waals surface area contributed by atoms with Crippen LogP contribution in [0, 0.1) is 5.92 Å². The number of hydrogen-bond acceptors (Lipinski definition) is 3. The molecule has 0 radical (unpaired) electrons. The van der Waals surface area contributed by atoms with Crippen LogP contribution in [0.4, 0.5) is 5.95 Å². The van der Waals surface area contributed by atoms with Crippen molar-refractivity contribution in [1.82, 2.24) is 14.8 Å². The van der Waals surface area contributed by atoms with Gasteiger partial charge in [-0.2, -0.15) is 10.1 Å². The summed E-state index contributed by atoms with van der Waals surface area (Å²) in [4.78, 5) is 4.21. The molecule has 0 fully saturated rings. The van der Waals surface area contributed by atoms with Gasteiger partial charge in [0, 0.05) is 13.0 Å². The third kappa shape index (κ3) is 3.01. The lowest BCUT2D eigenvalue weighted by Crippen LogP contribution is -2.07. The molecule has 4 heteroatoms. The van der Waals surface area contributed by atoms with Crippen LogP contribution in [0.15, 0.2) is 0 Å². The van der Waals surface area contributed by atoms with E-state index in [1.54, 1.807) is 0 Å². The number of anilines is 1. The zero-order valence-corrected chi connectivity index (χ0v) is 9.32. The maximum absolute atomic E-state index is 5.75. The first-order valence-electron chi connectivity index (χ1n) is 5.32. The molecule has 2 N–H and O–H groups in total. The number of aromatic nitrogens is 3. The summed E-state index contributed by atoms with van der Waals surface area (Å²) < 4.78 is 1.81. The number of nitrogens with zero attached hydrogens (tertiary/aromatic N) is 3. The average molecular weight is 196 g/mol. The summed E-state index contributed by atoms with van der Waals surface area (Å²) in [6, 6.07) is 0. The summed E-state index contributed by atoms with van der Waals surface area (Å²) in [6.07, 6.45) is 3.08. The van der Waals surface area contributed by atoms with Gasteiger partial charge in [-0.05, 0) is 18.8 Å². The molecule has 0 saturated heterocycles.